The third-order valence-electron chi connectivity index (χ3n) is 3.00. The first kappa shape index (κ1) is 15.3. The lowest BCUT2D eigenvalue weighted by Gasteiger charge is -2.17. The van der Waals surface area contributed by atoms with Gasteiger partial charge in [-0.25, -0.2) is 9.37 Å². The van der Waals surface area contributed by atoms with E-state index in [0.29, 0.717) is 5.69 Å². The van der Waals surface area contributed by atoms with Gasteiger partial charge in [0.05, 0.1) is 11.8 Å². The molecule has 0 spiro atoms. The van der Waals surface area contributed by atoms with Crippen LogP contribution in [0.15, 0.2) is 30.5 Å². The van der Waals surface area contributed by atoms with E-state index in [2.05, 4.69) is 10.3 Å². The Kier molecular flexibility index (Phi) is 4.43. The van der Waals surface area contributed by atoms with Gasteiger partial charge in [-0.3, -0.25) is 4.79 Å². The average molecular weight is 308 g/mol. The Hall–Kier alpha value is -2.14. The van der Waals surface area contributed by atoms with Crippen LogP contribution < -0.4 is 10.2 Å². The summed E-state index contributed by atoms with van der Waals surface area (Å²) >= 11 is 5.82. The molecule has 0 unspecified atom stereocenters. The minimum Gasteiger partial charge on any atom is -0.377 e. The van der Waals surface area contributed by atoms with Crippen LogP contribution >= 0.6 is 11.6 Å². The van der Waals surface area contributed by atoms with E-state index >= 15 is 0 Å². The molecule has 0 saturated heterocycles. The van der Waals surface area contributed by atoms with Crippen molar-refractivity contribution in [1.82, 2.24) is 4.98 Å². The van der Waals surface area contributed by atoms with Crippen LogP contribution in [0.4, 0.5) is 15.8 Å². The van der Waals surface area contributed by atoms with Gasteiger partial charge in [0.1, 0.15) is 11.0 Å². The van der Waals surface area contributed by atoms with Crippen LogP contribution in [0.25, 0.3) is 0 Å². The van der Waals surface area contributed by atoms with Gasteiger partial charge in [-0.2, -0.15) is 0 Å². The number of amides is 1. The van der Waals surface area contributed by atoms with Gasteiger partial charge >= 0.3 is 0 Å². The molecule has 21 heavy (non-hydrogen) atoms. The topological polar surface area (TPSA) is 45.2 Å². The molecule has 2 aromatic rings. The Labute approximate surface area is 127 Å². The highest BCUT2D eigenvalue weighted by Gasteiger charge is 2.13. The van der Waals surface area contributed by atoms with E-state index in [1.54, 1.807) is 6.07 Å². The van der Waals surface area contributed by atoms with Crippen LogP contribution in [0.2, 0.25) is 5.15 Å². The maximum Gasteiger partial charge on any atom is 0.258 e. The standard InChI is InChI=1S/C15H15ClFN3O/c1-9-4-5-11(7-13(9)20(2)3)19-15(21)12-6-10(17)8-18-14(12)16/h4-8H,1-3H3,(H,19,21). The molecule has 110 valence electrons. The van der Waals surface area contributed by atoms with Gasteiger partial charge in [0.15, 0.2) is 0 Å². The summed E-state index contributed by atoms with van der Waals surface area (Å²) in [5.74, 6) is -1.11. The zero-order chi connectivity index (χ0) is 15.6. The lowest BCUT2D eigenvalue weighted by molar-refractivity contribution is 0.102. The van der Waals surface area contributed by atoms with Crippen molar-refractivity contribution in [2.75, 3.05) is 24.3 Å². The molecule has 0 saturated carbocycles. The van der Waals surface area contributed by atoms with Crippen molar-refractivity contribution >= 4 is 28.9 Å². The highest BCUT2D eigenvalue weighted by atomic mass is 35.5. The smallest absolute Gasteiger partial charge is 0.258 e. The number of anilines is 2. The SMILES string of the molecule is Cc1ccc(NC(=O)c2cc(F)cnc2Cl)cc1N(C)C. The van der Waals surface area contributed by atoms with E-state index < -0.39 is 11.7 Å². The van der Waals surface area contributed by atoms with Crippen molar-refractivity contribution in [3.05, 3.63) is 52.6 Å². The van der Waals surface area contributed by atoms with Gasteiger partial charge in [-0.15, -0.1) is 0 Å². The predicted molar refractivity (Wildman–Crippen MR) is 82.7 cm³/mol. The monoisotopic (exact) mass is 307 g/mol. The molecule has 1 N–H and O–H groups in total. The summed E-state index contributed by atoms with van der Waals surface area (Å²) in [4.78, 5) is 17.7. The van der Waals surface area contributed by atoms with E-state index in [1.165, 1.54) is 0 Å². The molecule has 1 heterocycles. The molecule has 0 aliphatic rings. The molecule has 0 aliphatic carbocycles. The summed E-state index contributed by atoms with van der Waals surface area (Å²) in [5.41, 5.74) is 2.68. The van der Waals surface area contributed by atoms with E-state index in [0.717, 1.165) is 23.5 Å². The Balaban J connectivity index is 2.27. The molecule has 6 heteroatoms. The highest BCUT2D eigenvalue weighted by molar-refractivity contribution is 6.33. The lowest BCUT2D eigenvalue weighted by Crippen LogP contribution is -2.15. The van der Waals surface area contributed by atoms with Crippen LogP contribution in [0, 0.1) is 12.7 Å². The van der Waals surface area contributed by atoms with Crippen molar-refractivity contribution < 1.29 is 9.18 Å². The minimum atomic E-state index is -0.609. The van der Waals surface area contributed by atoms with Gasteiger partial charge in [0, 0.05) is 25.5 Å². The first-order valence-electron chi connectivity index (χ1n) is 6.29. The second-order valence-corrected chi connectivity index (χ2v) is 5.20. The largest absolute Gasteiger partial charge is 0.377 e. The van der Waals surface area contributed by atoms with E-state index in [4.69, 9.17) is 11.6 Å². The second-order valence-electron chi connectivity index (χ2n) is 4.84. The fraction of sp³-hybridized carbons (Fsp3) is 0.200. The average Bonchev–Trinajstić information content (AvgIpc) is 2.43. The summed E-state index contributed by atoms with van der Waals surface area (Å²) in [6.07, 6.45) is 0.967. The summed E-state index contributed by atoms with van der Waals surface area (Å²) < 4.78 is 13.2. The van der Waals surface area contributed by atoms with Crippen molar-refractivity contribution in [2.24, 2.45) is 0 Å². The van der Waals surface area contributed by atoms with Crippen molar-refractivity contribution in [2.45, 2.75) is 6.92 Å². The third kappa shape index (κ3) is 3.49. The molecule has 1 aromatic carbocycles. The molecule has 0 bridgehead atoms. The summed E-state index contributed by atoms with van der Waals surface area (Å²) in [6, 6.07) is 6.58. The number of halogens is 2. The first-order valence-corrected chi connectivity index (χ1v) is 6.66. The molecule has 0 aliphatic heterocycles. The van der Waals surface area contributed by atoms with Gasteiger partial charge in [0.2, 0.25) is 0 Å². The summed E-state index contributed by atoms with van der Waals surface area (Å²) in [7, 11) is 3.84. The summed E-state index contributed by atoms with van der Waals surface area (Å²) in [5, 5.41) is 2.66. The van der Waals surface area contributed by atoms with Crippen molar-refractivity contribution in [1.29, 1.82) is 0 Å². The molecule has 1 amide bonds. The number of carbonyl (C=O) groups is 1. The maximum atomic E-state index is 13.2. The van der Waals surface area contributed by atoms with E-state index in [-0.39, 0.29) is 10.7 Å². The number of rotatable bonds is 3. The maximum absolute atomic E-state index is 13.2. The molecule has 0 radical (unpaired) electrons. The zero-order valence-corrected chi connectivity index (χ0v) is 12.7. The van der Waals surface area contributed by atoms with Gasteiger partial charge < -0.3 is 10.2 Å². The highest BCUT2D eigenvalue weighted by Crippen LogP contribution is 2.23. The van der Waals surface area contributed by atoms with Crippen LogP contribution in [-0.4, -0.2) is 25.0 Å². The van der Waals surface area contributed by atoms with Crippen LogP contribution in [0.5, 0.6) is 0 Å². The summed E-state index contributed by atoms with van der Waals surface area (Å²) in [6.45, 7) is 1.98. The van der Waals surface area contributed by atoms with Crippen LogP contribution in [0.1, 0.15) is 15.9 Å². The number of hydrogen-bond donors (Lipinski definition) is 1. The lowest BCUT2D eigenvalue weighted by atomic mass is 10.1. The number of aromatic nitrogens is 1. The van der Waals surface area contributed by atoms with Gasteiger partial charge in [-0.05, 0) is 30.7 Å². The van der Waals surface area contributed by atoms with Gasteiger partial charge in [0.25, 0.3) is 5.91 Å². The molecular weight excluding hydrogens is 293 g/mol. The Morgan fingerprint density at radius 3 is 2.71 bits per heavy atom. The molecule has 4 nitrogen and oxygen atoms in total. The normalized spacial score (nSPS) is 10.3. The van der Waals surface area contributed by atoms with Gasteiger partial charge in [-0.1, -0.05) is 17.7 Å². The zero-order valence-electron chi connectivity index (χ0n) is 11.9. The number of benzene rings is 1. The van der Waals surface area contributed by atoms with E-state index in [9.17, 15) is 9.18 Å². The number of nitrogens with zero attached hydrogens (tertiary/aromatic N) is 2. The number of nitrogens with one attached hydrogen (secondary N) is 1. The number of pyridine rings is 1. The second kappa shape index (κ2) is 6.10. The fourth-order valence-corrected chi connectivity index (χ4v) is 2.14. The number of aryl methyl sites for hydroxylation is 1. The molecular formula is C15H15ClFN3O. The molecule has 2 rings (SSSR count). The molecule has 0 atom stereocenters. The molecule has 0 fully saturated rings. The van der Waals surface area contributed by atoms with Crippen LogP contribution in [0.3, 0.4) is 0 Å². The van der Waals surface area contributed by atoms with Crippen LogP contribution in [-0.2, 0) is 0 Å². The number of carbonyl (C=O) groups excluding carboxylic acids is 1. The third-order valence-corrected chi connectivity index (χ3v) is 3.30. The Bertz CT molecular complexity index is 689. The molecule has 1 aromatic heterocycles. The number of hydrogen-bond acceptors (Lipinski definition) is 3. The predicted octanol–water partition coefficient (Wildman–Crippen LogP) is 3.50. The quantitative estimate of drug-likeness (QED) is 0.883. The fourth-order valence-electron chi connectivity index (χ4n) is 1.95. The minimum absolute atomic E-state index is 0.00337. The van der Waals surface area contributed by atoms with E-state index in [1.807, 2.05) is 38.1 Å². The Morgan fingerprint density at radius 2 is 2.05 bits per heavy atom. The Morgan fingerprint density at radius 1 is 1.33 bits per heavy atom. The van der Waals surface area contributed by atoms with Crippen molar-refractivity contribution in [3.8, 4) is 0 Å². The van der Waals surface area contributed by atoms with Crippen molar-refractivity contribution in [3.63, 3.8) is 0 Å². The first-order chi connectivity index (χ1) is 9.88.